The summed E-state index contributed by atoms with van der Waals surface area (Å²) in [6.07, 6.45) is 0. The van der Waals surface area contributed by atoms with Gasteiger partial charge in [-0.2, -0.15) is 0 Å². The van der Waals surface area contributed by atoms with Crippen LogP contribution in [0.1, 0.15) is 53.0 Å². The fraction of sp³-hybridized carbons (Fsp3) is 0.588. The lowest BCUT2D eigenvalue weighted by Crippen LogP contribution is -2.48. The zero-order valence-electron chi connectivity index (χ0n) is 14.9. The molecule has 0 spiro atoms. The van der Waals surface area contributed by atoms with Crippen LogP contribution in [0.15, 0.2) is 29.2 Å². The second kappa shape index (κ2) is 7.45. The molecule has 0 aliphatic rings. The summed E-state index contributed by atoms with van der Waals surface area (Å²) in [6, 6.07) is 6.89. The first kappa shape index (κ1) is 19.6. The normalized spacial score (nSPS) is 12.5. The molecule has 0 saturated carbocycles. The van der Waals surface area contributed by atoms with E-state index in [9.17, 15) is 13.2 Å². The number of rotatable bonds is 6. The van der Waals surface area contributed by atoms with Crippen molar-refractivity contribution in [2.75, 3.05) is 13.1 Å². The third-order valence-electron chi connectivity index (χ3n) is 3.67. The minimum absolute atomic E-state index is 0.0713. The standard InChI is InChI=1S/C17H28N2O3S/c1-13(2)15-7-9-16(10-8-15)23(21,22)18-11-12-19(14(3)20)17(4,5)6/h7-10,13,18H,11-12H2,1-6H3. The molecule has 1 N–H and O–H groups in total. The van der Waals surface area contributed by atoms with Gasteiger partial charge in [-0.05, 0) is 44.4 Å². The Morgan fingerprint density at radius 2 is 1.70 bits per heavy atom. The topological polar surface area (TPSA) is 66.5 Å². The molecule has 0 fully saturated rings. The number of sulfonamides is 1. The van der Waals surface area contributed by atoms with Gasteiger partial charge in [0, 0.05) is 25.6 Å². The van der Waals surface area contributed by atoms with E-state index in [2.05, 4.69) is 18.6 Å². The van der Waals surface area contributed by atoms with Crippen molar-refractivity contribution < 1.29 is 13.2 Å². The Kier molecular flexibility index (Phi) is 6.36. The Morgan fingerprint density at radius 3 is 2.09 bits per heavy atom. The van der Waals surface area contributed by atoms with Gasteiger partial charge >= 0.3 is 0 Å². The third kappa shape index (κ3) is 5.62. The van der Waals surface area contributed by atoms with E-state index in [0.717, 1.165) is 5.56 Å². The molecule has 23 heavy (non-hydrogen) atoms. The number of carbonyl (C=O) groups excluding carboxylic acids is 1. The summed E-state index contributed by atoms with van der Waals surface area (Å²) < 4.78 is 27.2. The maximum absolute atomic E-state index is 12.3. The molecule has 1 rings (SSSR count). The van der Waals surface area contributed by atoms with E-state index < -0.39 is 10.0 Å². The number of hydrogen-bond acceptors (Lipinski definition) is 3. The molecule has 1 aromatic rings. The van der Waals surface area contributed by atoms with Gasteiger partial charge in [0.1, 0.15) is 0 Å². The molecule has 6 heteroatoms. The van der Waals surface area contributed by atoms with Crippen molar-refractivity contribution in [3.8, 4) is 0 Å². The van der Waals surface area contributed by atoms with Crippen molar-refractivity contribution in [3.05, 3.63) is 29.8 Å². The van der Waals surface area contributed by atoms with Crippen molar-refractivity contribution in [1.29, 1.82) is 0 Å². The van der Waals surface area contributed by atoms with Gasteiger partial charge in [-0.1, -0.05) is 26.0 Å². The summed E-state index contributed by atoms with van der Waals surface area (Å²) in [4.78, 5) is 13.6. The molecule has 5 nitrogen and oxygen atoms in total. The summed E-state index contributed by atoms with van der Waals surface area (Å²) in [6.45, 7) is 11.9. The lowest BCUT2D eigenvalue weighted by atomic mass is 10.0. The highest BCUT2D eigenvalue weighted by atomic mass is 32.2. The van der Waals surface area contributed by atoms with Crippen molar-refractivity contribution in [3.63, 3.8) is 0 Å². The van der Waals surface area contributed by atoms with Gasteiger partial charge in [0.25, 0.3) is 0 Å². The SMILES string of the molecule is CC(=O)N(CCNS(=O)(=O)c1ccc(C(C)C)cc1)C(C)(C)C. The van der Waals surface area contributed by atoms with Gasteiger partial charge in [0.2, 0.25) is 15.9 Å². The van der Waals surface area contributed by atoms with Crippen molar-refractivity contribution in [2.24, 2.45) is 0 Å². The predicted molar refractivity (Wildman–Crippen MR) is 92.9 cm³/mol. The van der Waals surface area contributed by atoms with Gasteiger partial charge in [0.05, 0.1) is 4.90 Å². The molecule has 0 heterocycles. The van der Waals surface area contributed by atoms with E-state index in [1.807, 2.05) is 32.9 Å². The molecule has 130 valence electrons. The Morgan fingerprint density at radius 1 is 1.17 bits per heavy atom. The van der Waals surface area contributed by atoms with Crippen LogP contribution in [0, 0.1) is 0 Å². The average Bonchev–Trinajstić information content (AvgIpc) is 2.41. The molecule has 0 aromatic heterocycles. The van der Waals surface area contributed by atoms with Crippen LogP contribution in [-0.2, 0) is 14.8 Å². The largest absolute Gasteiger partial charge is 0.337 e. The van der Waals surface area contributed by atoms with Crippen LogP contribution < -0.4 is 4.72 Å². The maximum atomic E-state index is 12.3. The molecular weight excluding hydrogens is 312 g/mol. The lowest BCUT2D eigenvalue weighted by molar-refractivity contribution is -0.133. The molecule has 1 aromatic carbocycles. The van der Waals surface area contributed by atoms with Crippen LogP contribution in [0.2, 0.25) is 0 Å². The van der Waals surface area contributed by atoms with Gasteiger partial charge < -0.3 is 4.90 Å². The number of carbonyl (C=O) groups is 1. The highest BCUT2D eigenvalue weighted by Gasteiger charge is 2.24. The van der Waals surface area contributed by atoms with Crippen LogP contribution in [0.5, 0.6) is 0 Å². The summed E-state index contributed by atoms with van der Waals surface area (Å²) >= 11 is 0. The van der Waals surface area contributed by atoms with Crippen LogP contribution in [-0.4, -0.2) is 37.9 Å². The molecule has 0 radical (unpaired) electrons. The van der Waals surface area contributed by atoms with Crippen LogP contribution >= 0.6 is 0 Å². The van der Waals surface area contributed by atoms with Gasteiger partial charge in [0.15, 0.2) is 0 Å². The Labute approximate surface area is 140 Å². The predicted octanol–water partition coefficient (Wildman–Crippen LogP) is 2.74. The molecule has 1 amide bonds. The molecule has 0 aliphatic carbocycles. The van der Waals surface area contributed by atoms with E-state index in [4.69, 9.17) is 0 Å². The van der Waals surface area contributed by atoms with E-state index >= 15 is 0 Å². The van der Waals surface area contributed by atoms with E-state index in [1.54, 1.807) is 17.0 Å². The molecule has 0 saturated heterocycles. The maximum Gasteiger partial charge on any atom is 0.240 e. The molecular formula is C17H28N2O3S. The van der Waals surface area contributed by atoms with Crippen LogP contribution in [0.4, 0.5) is 0 Å². The molecule has 0 bridgehead atoms. The van der Waals surface area contributed by atoms with Crippen LogP contribution in [0.25, 0.3) is 0 Å². The first-order valence-corrected chi connectivity index (χ1v) is 9.31. The number of hydrogen-bond donors (Lipinski definition) is 1. The fourth-order valence-corrected chi connectivity index (χ4v) is 3.39. The fourth-order valence-electron chi connectivity index (χ4n) is 2.37. The zero-order chi connectivity index (χ0) is 17.8. The second-order valence-electron chi connectivity index (χ2n) is 6.96. The highest BCUT2D eigenvalue weighted by molar-refractivity contribution is 7.89. The third-order valence-corrected chi connectivity index (χ3v) is 5.15. The summed E-state index contributed by atoms with van der Waals surface area (Å²) in [5.41, 5.74) is 0.760. The van der Waals surface area contributed by atoms with Crippen LogP contribution in [0.3, 0.4) is 0 Å². The van der Waals surface area contributed by atoms with Crippen molar-refractivity contribution in [1.82, 2.24) is 9.62 Å². The number of nitrogens with zero attached hydrogens (tertiary/aromatic N) is 1. The minimum Gasteiger partial charge on any atom is -0.337 e. The zero-order valence-corrected chi connectivity index (χ0v) is 15.7. The average molecular weight is 340 g/mol. The number of nitrogens with one attached hydrogen (secondary N) is 1. The second-order valence-corrected chi connectivity index (χ2v) is 8.73. The molecule has 0 unspecified atom stereocenters. The smallest absolute Gasteiger partial charge is 0.240 e. The first-order chi connectivity index (χ1) is 10.4. The number of amides is 1. The van der Waals surface area contributed by atoms with Gasteiger partial charge in [-0.15, -0.1) is 0 Å². The number of benzene rings is 1. The van der Waals surface area contributed by atoms with Crippen molar-refractivity contribution in [2.45, 2.75) is 57.9 Å². The summed E-state index contributed by atoms with van der Waals surface area (Å²) in [7, 11) is -3.56. The highest BCUT2D eigenvalue weighted by Crippen LogP contribution is 2.17. The van der Waals surface area contributed by atoms with Gasteiger partial charge in [-0.25, -0.2) is 13.1 Å². The first-order valence-electron chi connectivity index (χ1n) is 7.83. The van der Waals surface area contributed by atoms with E-state index in [0.29, 0.717) is 12.5 Å². The van der Waals surface area contributed by atoms with Crippen molar-refractivity contribution >= 4 is 15.9 Å². The Balaban J connectivity index is 2.74. The summed E-state index contributed by atoms with van der Waals surface area (Å²) in [5.74, 6) is 0.286. The van der Waals surface area contributed by atoms with E-state index in [-0.39, 0.29) is 22.9 Å². The minimum atomic E-state index is -3.56. The van der Waals surface area contributed by atoms with E-state index in [1.165, 1.54) is 6.92 Å². The quantitative estimate of drug-likeness (QED) is 0.866. The summed E-state index contributed by atoms with van der Waals surface area (Å²) in [5, 5.41) is 0. The monoisotopic (exact) mass is 340 g/mol. The van der Waals surface area contributed by atoms with Gasteiger partial charge in [-0.3, -0.25) is 4.79 Å². The Hall–Kier alpha value is -1.40. The Bertz CT molecular complexity index is 629. The lowest BCUT2D eigenvalue weighted by Gasteiger charge is -2.35. The molecule has 0 atom stereocenters. The molecule has 0 aliphatic heterocycles.